The molecule has 27 heavy (non-hydrogen) atoms. The van der Waals surface area contributed by atoms with Crippen LogP contribution in [0.3, 0.4) is 0 Å². The molecule has 0 fully saturated rings. The van der Waals surface area contributed by atoms with Gasteiger partial charge in [-0.05, 0) is 36.8 Å². The molecule has 3 heterocycles. The number of carboxylic acid groups (broad SMARTS) is 1. The Balaban J connectivity index is 1.91. The second kappa shape index (κ2) is 7.88. The number of aliphatic carboxylic acids is 1. The lowest BCUT2D eigenvalue weighted by atomic mass is 10.1. The van der Waals surface area contributed by atoms with Gasteiger partial charge in [-0.2, -0.15) is 0 Å². The van der Waals surface area contributed by atoms with E-state index in [0.717, 1.165) is 5.56 Å². The first-order valence-corrected chi connectivity index (χ1v) is 8.57. The van der Waals surface area contributed by atoms with Crippen molar-refractivity contribution >= 4 is 23.3 Å². The third kappa shape index (κ3) is 4.06. The van der Waals surface area contributed by atoms with Crippen LogP contribution in [0, 0.1) is 0 Å². The maximum atomic E-state index is 13.2. The number of pyridine rings is 2. The highest BCUT2D eigenvalue weighted by Crippen LogP contribution is 2.23. The van der Waals surface area contributed by atoms with Crippen molar-refractivity contribution in [1.29, 1.82) is 0 Å². The van der Waals surface area contributed by atoms with Gasteiger partial charge >= 0.3 is 11.9 Å². The van der Waals surface area contributed by atoms with Crippen molar-refractivity contribution < 1.29 is 19.3 Å². The number of carbonyl (C=O) groups is 2. The van der Waals surface area contributed by atoms with E-state index in [0.29, 0.717) is 25.2 Å². The number of carboxylic acids is 1. The summed E-state index contributed by atoms with van der Waals surface area (Å²) < 4.78 is -0.316. The number of amides is 1. The summed E-state index contributed by atoms with van der Waals surface area (Å²) in [6.07, 6.45) is 8.40. The number of nitrogens with one attached hydrogen (secondary N) is 1. The van der Waals surface area contributed by atoms with Crippen molar-refractivity contribution in [2.45, 2.75) is 13.3 Å². The van der Waals surface area contributed by atoms with Crippen molar-refractivity contribution in [3.63, 3.8) is 0 Å². The molecule has 0 aliphatic carbocycles. The molecule has 0 saturated heterocycles. The zero-order valence-corrected chi connectivity index (χ0v) is 14.9. The Morgan fingerprint density at radius 1 is 1.19 bits per heavy atom. The van der Waals surface area contributed by atoms with E-state index in [-0.39, 0.29) is 21.9 Å². The summed E-state index contributed by atoms with van der Waals surface area (Å²) in [7, 11) is 0. The van der Waals surface area contributed by atoms with Gasteiger partial charge in [0.25, 0.3) is 0 Å². The van der Waals surface area contributed by atoms with Crippen molar-refractivity contribution in [2.24, 2.45) is 5.10 Å². The third-order valence-electron chi connectivity index (χ3n) is 4.39. The fourth-order valence-corrected chi connectivity index (χ4v) is 2.88. The highest BCUT2D eigenvalue weighted by molar-refractivity contribution is 6.41. The van der Waals surface area contributed by atoms with E-state index in [1.165, 1.54) is 6.08 Å². The lowest BCUT2D eigenvalue weighted by Crippen LogP contribution is -2.54. The van der Waals surface area contributed by atoms with Crippen LogP contribution in [0.25, 0.3) is 0 Å². The van der Waals surface area contributed by atoms with Crippen LogP contribution >= 0.6 is 0 Å². The second-order valence-corrected chi connectivity index (χ2v) is 6.09. The molecule has 8 nitrogen and oxygen atoms in total. The van der Waals surface area contributed by atoms with Gasteiger partial charge in [0.15, 0.2) is 0 Å². The lowest BCUT2D eigenvalue weighted by molar-refractivity contribution is -0.857. The molecule has 0 aromatic carbocycles. The third-order valence-corrected chi connectivity index (χ3v) is 4.39. The number of hydrogen-bond donors (Lipinski definition) is 2. The zero-order chi connectivity index (χ0) is 19.3. The van der Waals surface area contributed by atoms with Gasteiger partial charge in [-0.1, -0.05) is 5.10 Å². The quantitative estimate of drug-likeness (QED) is 0.725. The Morgan fingerprint density at radius 3 is 2.59 bits per heavy atom. The molecule has 1 unspecified atom stereocenters. The molecular formula is C19H20N5O3+. The van der Waals surface area contributed by atoms with Gasteiger partial charge in [0.05, 0.1) is 11.9 Å². The van der Waals surface area contributed by atoms with E-state index in [1.807, 2.05) is 19.1 Å². The van der Waals surface area contributed by atoms with E-state index in [1.54, 1.807) is 36.9 Å². The smallest absolute Gasteiger partial charge is 0.388 e. The van der Waals surface area contributed by atoms with Gasteiger partial charge < -0.3 is 10.4 Å². The molecule has 1 amide bonds. The van der Waals surface area contributed by atoms with Crippen LogP contribution in [0.5, 0.6) is 0 Å². The highest BCUT2D eigenvalue weighted by atomic mass is 16.4. The first kappa shape index (κ1) is 18.4. The summed E-state index contributed by atoms with van der Waals surface area (Å²) in [6, 6.07) is 7.22. The van der Waals surface area contributed by atoms with Gasteiger partial charge in [-0.15, -0.1) is 4.59 Å². The second-order valence-electron chi connectivity index (χ2n) is 6.09. The Kier molecular flexibility index (Phi) is 5.37. The first-order chi connectivity index (χ1) is 13.0. The predicted octanol–water partition coefficient (Wildman–Crippen LogP) is 1.83. The molecule has 8 heteroatoms. The van der Waals surface area contributed by atoms with E-state index in [2.05, 4.69) is 20.4 Å². The number of rotatable bonds is 7. The van der Waals surface area contributed by atoms with E-state index in [9.17, 15) is 14.7 Å². The molecule has 0 saturated carbocycles. The number of likely N-dealkylation sites (N-methyl/N-ethyl adjacent to an activating group) is 1. The summed E-state index contributed by atoms with van der Waals surface area (Å²) in [5, 5.41) is 16.7. The molecule has 138 valence electrons. The minimum absolute atomic E-state index is 0.155. The number of nitrogens with zero attached hydrogens (tertiary/aromatic N) is 4. The number of anilines is 1. The maximum absolute atomic E-state index is 13.2. The monoisotopic (exact) mass is 366 g/mol. The Hall–Kier alpha value is -3.39. The van der Waals surface area contributed by atoms with Gasteiger partial charge in [-0.3, -0.25) is 9.97 Å². The zero-order valence-electron chi connectivity index (χ0n) is 14.9. The predicted molar refractivity (Wildman–Crippen MR) is 99.6 cm³/mol. The van der Waals surface area contributed by atoms with Crippen molar-refractivity contribution in [3.8, 4) is 0 Å². The Labute approximate surface area is 156 Å². The van der Waals surface area contributed by atoms with E-state index < -0.39 is 5.97 Å². The fourth-order valence-electron chi connectivity index (χ4n) is 2.88. The summed E-state index contributed by atoms with van der Waals surface area (Å²) in [4.78, 5) is 32.8. The molecule has 3 rings (SSSR count). The van der Waals surface area contributed by atoms with Crippen LogP contribution in [0.1, 0.15) is 12.5 Å². The molecule has 1 atom stereocenters. The van der Waals surface area contributed by atoms with Crippen LogP contribution in [0.2, 0.25) is 0 Å². The molecule has 0 spiro atoms. The minimum Gasteiger partial charge on any atom is -0.476 e. The lowest BCUT2D eigenvalue weighted by Gasteiger charge is -2.31. The van der Waals surface area contributed by atoms with E-state index in [4.69, 9.17) is 0 Å². The standard InChI is InChI=1S/C19H19N5O3/c1-2-24(11-7-14-5-9-20-10-6-14)18(25)16(12-17(23-24)19(26)27)22-15-4-3-8-21-13-15/h3-6,8-10,12-13H,2,7,11H2,1H3,(H-,22,23,26,27)/p+1. The normalized spacial score (nSPS) is 19.2. The summed E-state index contributed by atoms with van der Waals surface area (Å²) in [6.45, 7) is 2.51. The highest BCUT2D eigenvalue weighted by Gasteiger charge is 2.43. The van der Waals surface area contributed by atoms with Gasteiger partial charge in [0.1, 0.15) is 18.8 Å². The largest absolute Gasteiger partial charge is 0.476 e. The Bertz CT molecular complexity index is 896. The SMILES string of the molecule is CC[N+]1(CCc2ccncc2)N=C(C(=O)O)C=C(Nc2cccnc2)C1=O. The average Bonchev–Trinajstić information content (AvgIpc) is 2.70. The molecule has 0 radical (unpaired) electrons. The van der Waals surface area contributed by atoms with Crippen LogP contribution in [0.4, 0.5) is 5.69 Å². The number of quaternary nitrogens is 1. The molecule has 1 aliphatic heterocycles. The summed E-state index contributed by atoms with van der Waals surface area (Å²) >= 11 is 0. The minimum atomic E-state index is -1.17. The maximum Gasteiger partial charge on any atom is 0.388 e. The number of aromatic nitrogens is 2. The van der Waals surface area contributed by atoms with Crippen molar-refractivity contribution in [1.82, 2.24) is 9.97 Å². The van der Waals surface area contributed by atoms with Crippen molar-refractivity contribution in [3.05, 3.63) is 66.4 Å². The number of hydrogen-bond acceptors (Lipinski definition) is 6. The summed E-state index contributed by atoms with van der Waals surface area (Å²) in [5.41, 5.74) is 1.64. The number of carbonyl (C=O) groups excluding carboxylic acids is 1. The molecule has 2 aromatic rings. The molecule has 1 aliphatic rings. The van der Waals surface area contributed by atoms with Gasteiger partial charge in [0, 0.05) is 31.1 Å². The molecular weight excluding hydrogens is 346 g/mol. The molecule has 0 bridgehead atoms. The van der Waals surface area contributed by atoms with E-state index >= 15 is 0 Å². The van der Waals surface area contributed by atoms with Crippen LogP contribution in [-0.2, 0) is 16.0 Å². The molecule has 2 N–H and O–H groups in total. The first-order valence-electron chi connectivity index (χ1n) is 8.57. The fraction of sp³-hybridized carbons (Fsp3) is 0.211. The van der Waals surface area contributed by atoms with Gasteiger partial charge in [0.2, 0.25) is 5.71 Å². The molecule has 2 aromatic heterocycles. The average molecular weight is 366 g/mol. The topological polar surface area (TPSA) is 105 Å². The van der Waals surface area contributed by atoms with Crippen LogP contribution in [-0.4, -0.2) is 50.3 Å². The van der Waals surface area contributed by atoms with Crippen LogP contribution < -0.4 is 5.32 Å². The van der Waals surface area contributed by atoms with Crippen molar-refractivity contribution in [2.75, 3.05) is 18.4 Å². The van der Waals surface area contributed by atoms with Gasteiger partial charge in [-0.25, -0.2) is 9.59 Å². The Morgan fingerprint density at radius 2 is 1.96 bits per heavy atom. The summed E-state index contributed by atoms with van der Waals surface area (Å²) in [5.74, 6) is -1.45. The van der Waals surface area contributed by atoms with Crippen LogP contribution in [0.15, 0.2) is 65.9 Å².